The van der Waals surface area contributed by atoms with Crippen LogP contribution in [0.1, 0.15) is 0 Å². The van der Waals surface area contributed by atoms with Crippen LogP contribution in [0.3, 0.4) is 0 Å². The Morgan fingerprint density at radius 1 is 1.39 bits per heavy atom. The first-order valence-electron chi connectivity index (χ1n) is 6.81. The van der Waals surface area contributed by atoms with Crippen LogP contribution in [0.5, 0.6) is 0 Å². The summed E-state index contributed by atoms with van der Waals surface area (Å²) in [5.41, 5.74) is 1.66. The second kappa shape index (κ2) is 7.69. The minimum atomic E-state index is -4.41. The van der Waals surface area contributed by atoms with Gasteiger partial charge in [-0.15, -0.1) is 0 Å². The third kappa shape index (κ3) is 5.14. The fourth-order valence-corrected chi connectivity index (χ4v) is 2.81. The molecular weight excluding hydrogens is 331 g/mol. The number of carbonyl (C=O) groups excluding carboxylic acids is 1. The summed E-state index contributed by atoms with van der Waals surface area (Å²) in [7, 11) is 1.58. The highest BCUT2D eigenvalue weighted by Gasteiger charge is 2.27. The fraction of sp³-hybridized carbons (Fsp3) is 0.429. The first-order valence-corrected chi connectivity index (χ1v) is 7.80. The third-order valence-corrected chi connectivity index (χ3v) is 3.93. The van der Waals surface area contributed by atoms with Gasteiger partial charge in [0.25, 0.3) is 0 Å². The van der Waals surface area contributed by atoms with E-state index >= 15 is 0 Å². The fourth-order valence-electron chi connectivity index (χ4n) is 1.94. The number of nitrogens with one attached hydrogen (secondary N) is 1. The average molecular weight is 347 g/mol. The molecule has 0 saturated carbocycles. The molecule has 0 radical (unpaired) electrons. The number of thioether (sulfide) groups is 1. The molecule has 0 unspecified atom stereocenters. The van der Waals surface area contributed by atoms with Gasteiger partial charge in [-0.1, -0.05) is 23.9 Å². The van der Waals surface area contributed by atoms with Crippen molar-refractivity contribution < 1.29 is 22.7 Å². The van der Waals surface area contributed by atoms with Crippen molar-refractivity contribution in [2.45, 2.75) is 17.9 Å². The van der Waals surface area contributed by atoms with Crippen molar-refractivity contribution in [3.05, 3.63) is 24.3 Å². The molecule has 126 valence electrons. The van der Waals surface area contributed by atoms with E-state index in [2.05, 4.69) is 4.98 Å². The molecule has 1 N–H and O–H groups in total. The van der Waals surface area contributed by atoms with Gasteiger partial charge in [-0.25, -0.2) is 4.98 Å². The van der Waals surface area contributed by atoms with Crippen molar-refractivity contribution in [2.24, 2.45) is 0 Å². The molecule has 5 nitrogen and oxygen atoms in total. The number of alkyl halides is 3. The summed E-state index contributed by atoms with van der Waals surface area (Å²) >= 11 is 1.10. The number of imidazole rings is 1. The Balaban J connectivity index is 2.05. The molecule has 1 amide bonds. The van der Waals surface area contributed by atoms with Crippen molar-refractivity contribution in [2.75, 3.05) is 26.0 Å². The van der Waals surface area contributed by atoms with E-state index < -0.39 is 18.6 Å². The molecule has 0 bridgehead atoms. The van der Waals surface area contributed by atoms with Gasteiger partial charge in [-0.2, -0.15) is 13.2 Å². The molecule has 0 aliphatic rings. The van der Waals surface area contributed by atoms with E-state index in [0.717, 1.165) is 22.8 Å². The minimum absolute atomic E-state index is 0.133. The molecular formula is C14H16F3N3O2S. The molecule has 0 atom stereocenters. The Morgan fingerprint density at radius 2 is 2.13 bits per heavy atom. The normalized spacial score (nSPS) is 11.8. The lowest BCUT2D eigenvalue weighted by Gasteiger charge is -2.09. The monoisotopic (exact) mass is 347 g/mol. The molecule has 0 spiro atoms. The Labute approximate surface area is 135 Å². The highest BCUT2D eigenvalue weighted by molar-refractivity contribution is 7.99. The van der Waals surface area contributed by atoms with E-state index in [1.54, 1.807) is 7.11 Å². The Morgan fingerprint density at radius 3 is 2.83 bits per heavy atom. The number of carbonyl (C=O) groups is 1. The van der Waals surface area contributed by atoms with Gasteiger partial charge in [0, 0.05) is 13.7 Å². The maximum absolute atomic E-state index is 12.1. The number of amides is 1. The van der Waals surface area contributed by atoms with Crippen LogP contribution < -0.4 is 5.32 Å². The van der Waals surface area contributed by atoms with Crippen LogP contribution in [0.15, 0.2) is 29.4 Å². The summed E-state index contributed by atoms with van der Waals surface area (Å²) in [4.78, 5) is 15.9. The first kappa shape index (κ1) is 17.6. The highest BCUT2D eigenvalue weighted by Crippen LogP contribution is 2.24. The molecule has 0 aliphatic heterocycles. The Bertz CT molecular complexity index is 673. The van der Waals surface area contributed by atoms with Gasteiger partial charge >= 0.3 is 6.18 Å². The topological polar surface area (TPSA) is 56.1 Å². The SMILES string of the molecule is COCCn1c(SCC(=O)NCC(F)(F)F)nc2ccccc21. The summed E-state index contributed by atoms with van der Waals surface area (Å²) in [6.07, 6.45) is -4.41. The molecule has 1 aromatic heterocycles. The number of hydrogen-bond acceptors (Lipinski definition) is 4. The molecule has 0 saturated heterocycles. The van der Waals surface area contributed by atoms with Crippen LogP contribution in [0.25, 0.3) is 11.0 Å². The number of rotatable bonds is 7. The van der Waals surface area contributed by atoms with Crippen LogP contribution in [-0.2, 0) is 16.1 Å². The van der Waals surface area contributed by atoms with Gasteiger partial charge in [-0.05, 0) is 12.1 Å². The molecule has 9 heteroatoms. The van der Waals surface area contributed by atoms with Crippen molar-refractivity contribution in [1.29, 1.82) is 0 Å². The van der Waals surface area contributed by atoms with Gasteiger partial charge in [0.2, 0.25) is 5.91 Å². The molecule has 1 aromatic carbocycles. The molecule has 0 fully saturated rings. The van der Waals surface area contributed by atoms with Crippen LogP contribution >= 0.6 is 11.8 Å². The summed E-state index contributed by atoms with van der Waals surface area (Å²) in [5.74, 6) is -0.815. The van der Waals surface area contributed by atoms with E-state index in [9.17, 15) is 18.0 Å². The van der Waals surface area contributed by atoms with E-state index in [4.69, 9.17) is 4.74 Å². The van der Waals surface area contributed by atoms with Crippen molar-refractivity contribution >= 4 is 28.7 Å². The number of ether oxygens (including phenoxy) is 1. The average Bonchev–Trinajstić information content (AvgIpc) is 2.86. The van der Waals surface area contributed by atoms with Gasteiger partial charge < -0.3 is 14.6 Å². The van der Waals surface area contributed by atoms with E-state index in [1.807, 2.05) is 34.1 Å². The Kier molecular flexibility index (Phi) is 5.89. The quantitative estimate of drug-likeness (QED) is 0.782. The highest BCUT2D eigenvalue weighted by atomic mass is 32.2. The standard InChI is InChI=1S/C14H16F3N3O2S/c1-22-7-6-20-11-5-3-2-4-10(11)19-13(20)23-8-12(21)18-9-14(15,16)17/h2-5H,6-9H2,1H3,(H,18,21). The first-order chi connectivity index (χ1) is 10.9. The largest absolute Gasteiger partial charge is 0.405 e. The number of hydrogen-bond donors (Lipinski definition) is 1. The maximum Gasteiger partial charge on any atom is 0.405 e. The predicted octanol–water partition coefficient (Wildman–Crippen LogP) is 2.45. The summed E-state index contributed by atoms with van der Waals surface area (Å²) in [6, 6.07) is 7.45. The molecule has 2 aromatic rings. The van der Waals surface area contributed by atoms with Crippen molar-refractivity contribution in [1.82, 2.24) is 14.9 Å². The van der Waals surface area contributed by atoms with Crippen LogP contribution in [0.4, 0.5) is 13.2 Å². The number of halogens is 3. The molecule has 1 heterocycles. The predicted molar refractivity (Wildman–Crippen MR) is 81.4 cm³/mol. The zero-order chi connectivity index (χ0) is 16.9. The number of benzene rings is 1. The zero-order valence-electron chi connectivity index (χ0n) is 12.4. The number of para-hydroxylation sites is 2. The van der Waals surface area contributed by atoms with E-state index in [1.165, 1.54) is 0 Å². The number of methoxy groups -OCH3 is 1. The number of fused-ring (bicyclic) bond motifs is 1. The Hall–Kier alpha value is -1.74. The second-order valence-corrected chi connectivity index (χ2v) is 5.65. The van der Waals surface area contributed by atoms with Crippen molar-refractivity contribution in [3.8, 4) is 0 Å². The smallest absolute Gasteiger partial charge is 0.383 e. The van der Waals surface area contributed by atoms with E-state index in [-0.39, 0.29) is 5.75 Å². The summed E-state index contributed by atoms with van der Waals surface area (Å²) in [6.45, 7) is -0.315. The number of nitrogens with zero attached hydrogens (tertiary/aromatic N) is 2. The molecule has 23 heavy (non-hydrogen) atoms. The maximum atomic E-state index is 12.1. The summed E-state index contributed by atoms with van der Waals surface area (Å²) in [5, 5.41) is 2.42. The second-order valence-electron chi connectivity index (χ2n) is 4.71. The lowest BCUT2D eigenvalue weighted by Crippen LogP contribution is -2.34. The van der Waals surface area contributed by atoms with Gasteiger partial charge in [-0.3, -0.25) is 4.79 Å². The van der Waals surface area contributed by atoms with Gasteiger partial charge in [0.05, 0.1) is 23.4 Å². The zero-order valence-corrected chi connectivity index (χ0v) is 13.2. The molecule has 0 aliphatic carbocycles. The lowest BCUT2D eigenvalue weighted by molar-refractivity contribution is -0.136. The van der Waals surface area contributed by atoms with Crippen LogP contribution in [0, 0.1) is 0 Å². The van der Waals surface area contributed by atoms with Gasteiger partial charge in [0.1, 0.15) is 6.54 Å². The van der Waals surface area contributed by atoms with Crippen LogP contribution in [-0.4, -0.2) is 47.6 Å². The van der Waals surface area contributed by atoms with Crippen molar-refractivity contribution in [3.63, 3.8) is 0 Å². The van der Waals surface area contributed by atoms with Crippen LogP contribution in [0.2, 0.25) is 0 Å². The lowest BCUT2D eigenvalue weighted by atomic mass is 10.3. The number of aromatic nitrogens is 2. The molecule has 2 rings (SSSR count). The minimum Gasteiger partial charge on any atom is -0.383 e. The van der Waals surface area contributed by atoms with E-state index in [0.29, 0.717) is 18.3 Å². The van der Waals surface area contributed by atoms with Gasteiger partial charge in [0.15, 0.2) is 5.16 Å². The third-order valence-electron chi connectivity index (χ3n) is 2.96. The summed E-state index contributed by atoms with van der Waals surface area (Å²) < 4.78 is 43.2.